The molecule has 1 saturated carbocycles. The quantitative estimate of drug-likeness (QED) is 0.812. The molecule has 1 atom stereocenters. The molecule has 1 aliphatic rings. The summed E-state index contributed by atoms with van der Waals surface area (Å²) in [6, 6.07) is 4.40. The fourth-order valence-electron chi connectivity index (χ4n) is 2.22. The summed E-state index contributed by atoms with van der Waals surface area (Å²) in [6.07, 6.45) is 3.30. The van der Waals surface area contributed by atoms with E-state index in [9.17, 15) is 8.42 Å². The van der Waals surface area contributed by atoms with Crippen LogP contribution in [-0.4, -0.2) is 19.4 Å². The first-order chi connectivity index (χ1) is 9.31. The van der Waals surface area contributed by atoms with Crippen LogP contribution in [0.2, 0.25) is 5.02 Å². The fraction of sp³-hybridized carbons (Fsp3) is 0.462. The summed E-state index contributed by atoms with van der Waals surface area (Å²) < 4.78 is 27.3. The third kappa shape index (κ3) is 3.31. The Morgan fingerprint density at radius 3 is 2.60 bits per heavy atom. The first-order valence-corrected chi connectivity index (χ1v) is 8.70. The van der Waals surface area contributed by atoms with Gasteiger partial charge in [-0.2, -0.15) is 0 Å². The van der Waals surface area contributed by atoms with Crippen LogP contribution in [0.25, 0.3) is 0 Å². The molecule has 3 N–H and O–H groups in total. The summed E-state index contributed by atoms with van der Waals surface area (Å²) in [5.41, 5.74) is 6.05. The third-order valence-corrected chi connectivity index (χ3v) is 5.98. The highest BCUT2D eigenvalue weighted by molar-refractivity contribution is 7.89. The molecule has 0 spiro atoms. The number of hydrogen-bond acceptors (Lipinski definition) is 3. The zero-order valence-corrected chi connectivity index (χ0v) is 13.5. The molecule has 1 aromatic rings. The van der Waals surface area contributed by atoms with Crippen LogP contribution in [0, 0.1) is 5.92 Å². The van der Waals surface area contributed by atoms with Gasteiger partial charge in [-0.1, -0.05) is 36.3 Å². The van der Waals surface area contributed by atoms with Crippen molar-refractivity contribution in [2.75, 3.05) is 0 Å². The lowest BCUT2D eigenvalue weighted by Gasteiger charge is -2.31. The Labute approximate surface area is 129 Å². The van der Waals surface area contributed by atoms with E-state index in [4.69, 9.17) is 29.6 Å². The molecule has 0 aliphatic heterocycles. The summed E-state index contributed by atoms with van der Waals surface area (Å²) in [6.45, 7) is 1.89. The Bertz CT molecular complexity index is 627. The van der Waals surface area contributed by atoms with Crippen LogP contribution in [0.1, 0.15) is 31.7 Å². The molecule has 0 bridgehead atoms. The summed E-state index contributed by atoms with van der Waals surface area (Å²) in [5.74, 6) is 0.416. The Morgan fingerprint density at radius 1 is 1.50 bits per heavy atom. The molecule has 20 heavy (non-hydrogen) atoms. The number of hydrogen-bond donors (Lipinski definition) is 2. The number of nitrogens with one attached hydrogen (secondary N) is 1. The molecule has 0 amide bonds. The first-order valence-electron chi connectivity index (χ1n) is 6.43. The van der Waals surface area contributed by atoms with Gasteiger partial charge in [0.25, 0.3) is 0 Å². The molecule has 1 fully saturated rings. The van der Waals surface area contributed by atoms with Crippen molar-refractivity contribution in [2.24, 2.45) is 11.7 Å². The fourth-order valence-corrected chi connectivity index (χ4v) is 4.20. The second-order valence-electron chi connectivity index (χ2n) is 5.11. The van der Waals surface area contributed by atoms with E-state index >= 15 is 0 Å². The van der Waals surface area contributed by atoms with Crippen molar-refractivity contribution in [3.05, 3.63) is 28.8 Å². The zero-order chi connectivity index (χ0) is 14.9. The van der Waals surface area contributed by atoms with Crippen LogP contribution in [0.5, 0.6) is 0 Å². The second kappa shape index (κ2) is 5.97. The predicted molar refractivity (Wildman–Crippen MR) is 84.5 cm³/mol. The number of halogens is 1. The first kappa shape index (κ1) is 15.7. The molecule has 1 unspecified atom stereocenters. The highest BCUT2D eigenvalue weighted by atomic mass is 35.5. The number of nitrogens with two attached hydrogens (primary N) is 1. The van der Waals surface area contributed by atoms with Crippen molar-refractivity contribution in [3.63, 3.8) is 0 Å². The lowest BCUT2D eigenvalue weighted by atomic mass is 9.81. The van der Waals surface area contributed by atoms with Gasteiger partial charge in [0.1, 0.15) is 9.88 Å². The van der Waals surface area contributed by atoms with Gasteiger partial charge in [0.15, 0.2) is 0 Å². The normalized spacial score (nSPS) is 17.5. The molecule has 2 rings (SSSR count). The zero-order valence-electron chi connectivity index (χ0n) is 11.1. The van der Waals surface area contributed by atoms with Gasteiger partial charge < -0.3 is 5.73 Å². The van der Waals surface area contributed by atoms with Gasteiger partial charge >= 0.3 is 0 Å². The van der Waals surface area contributed by atoms with Crippen LogP contribution in [0.3, 0.4) is 0 Å². The lowest BCUT2D eigenvalue weighted by Crippen LogP contribution is -2.40. The van der Waals surface area contributed by atoms with E-state index in [1.54, 1.807) is 6.07 Å². The number of sulfonamides is 1. The molecule has 7 heteroatoms. The van der Waals surface area contributed by atoms with E-state index < -0.39 is 10.0 Å². The molecule has 110 valence electrons. The number of thiocarbonyl (C=S) groups is 1. The maximum atomic E-state index is 12.3. The van der Waals surface area contributed by atoms with Crippen molar-refractivity contribution >= 4 is 38.8 Å². The molecular formula is C13H17ClN2O2S2. The molecule has 0 saturated heterocycles. The number of benzene rings is 1. The topological polar surface area (TPSA) is 72.2 Å². The van der Waals surface area contributed by atoms with Crippen molar-refractivity contribution < 1.29 is 8.42 Å². The smallest absolute Gasteiger partial charge is 0.242 e. The maximum Gasteiger partial charge on any atom is 0.242 e. The van der Waals surface area contributed by atoms with Crippen molar-refractivity contribution in [2.45, 2.75) is 37.1 Å². The number of rotatable bonds is 5. The van der Waals surface area contributed by atoms with Crippen LogP contribution in [0.15, 0.2) is 23.1 Å². The molecular weight excluding hydrogens is 316 g/mol. The van der Waals surface area contributed by atoms with Crippen LogP contribution in [-0.2, 0) is 10.0 Å². The molecule has 0 heterocycles. The predicted octanol–water partition coefficient (Wildman–Crippen LogP) is 2.44. The Balaban J connectivity index is 2.22. The third-order valence-electron chi connectivity index (χ3n) is 3.70. The highest BCUT2D eigenvalue weighted by Crippen LogP contribution is 2.31. The van der Waals surface area contributed by atoms with Gasteiger partial charge in [-0.3, -0.25) is 0 Å². The van der Waals surface area contributed by atoms with Crippen molar-refractivity contribution in [3.8, 4) is 0 Å². The summed E-state index contributed by atoms with van der Waals surface area (Å²) in [7, 11) is -3.62. The van der Waals surface area contributed by atoms with Crippen LogP contribution < -0.4 is 10.5 Å². The lowest BCUT2D eigenvalue weighted by molar-refractivity contribution is 0.260. The van der Waals surface area contributed by atoms with Gasteiger partial charge in [-0.15, -0.1) is 0 Å². The van der Waals surface area contributed by atoms with Gasteiger partial charge in [0.2, 0.25) is 10.0 Å². The highest BCUT2D eigenvalue weighted by Gasteiger charge is 2.28. The Hall–Kier alpha value is -0.690. The molecule has 1 aliphatic carbocycles. The van der Waals surface area contributed by atoms with E-state index in [1.807, 2.05) is 6.92 Å². The van der Waals surface area contributed by atoms with E-state index in [0.29, 0.717) is 11.5 Å². The molecule has 1 aromatic carbocycles. The molecule has 4 nitrogen and oxygen atoms in total. The van der Waals surface area contributed by atoms with Gasteiger partial charge in [-0.25, -0.2) is 13.1 Å². The average Bonchev–Trinajstić information content (AvgIpc) is 2.24. The second-order valence-corrected chi connectivity index (χ2v) is 7.64. The average molecular weight is 333 g/mol. The summed E-state index contributed by atoms with van der Waals surface area (Å²) in [5, 5.41) is 0.128. The minimum Gasteiger partial charge on any atom is -0.389 e. The van der Waals surface area contributed by atoms with Gasteiger partial charge in [-0.05, 0) is 37.8 Å². The maximum absolute atomic E-state index is 12.3. The standard InChI is InChI=1S/C13H17ClN2O2S2/c1-8(9-3-2-4-9)16-20(17,18)12-6-5-10(13(15)19)7-11(12)14/h5-9,16H,2-4H2,1H3,(H2,15,19). The van der Waals surface area contributed by atoms with Gasteiger partial charge in [0.05, 0.1) is 5.02 Å². The van der Waals surface area contributed by atoms with E-state index in [1.165, 1.54) is 18.6 Å². The molecule has 0 radical (unpaired) electrons. The minimum absolute atomic E-state index is 0.0605. The van der Waals surface area contributed by atoms with Crippen LogP contribution >= 0.6 is 23.8 Å². The SMILES string of the molecule is CC(NS(=O)(=O)c1ccc(C(N)=S)cc1Cl)C1CCC1. The van der Waals surface area contributed by atoms with E-state index in [2.05, 4.69) is 4.72 Å². The van der Waals surface area contributed by atoms with E-state index in [0.717, 1.165) is 12.8 Å². The van der Waals surface area contributed by atoms with Gasteiger partial charge in [0, 0.05) is 11.6 Å². The Morgan fingerprint density at radius 2 is 2.15 bits per heavy atom. The monoisotopic (exact) mass is 332 g/mol. The minimum atomic E-state index is -3.62. The van der Waals surface area contributed by atoms with E-state index in [-0.39, 0.29) is 20.9 Å². The Kier molecular flexibility index (Phi) is 4.69. The van der Waals surface area contributed by atoms with Crippen molar-refractivity contribution in [1.29, 1.82) is 0 Å². The summed E-state index contributed by atoms with van der Waals surface area (Å²) in [4.78, 5) is 0.247. The summed E-state index contributed by atoms with van der Waals surface area (Å²) >= 11 is 10.9. The largest absolute Gasteiger partial charge is 0.389 e. The van der Waals surface area contributed by atoms with Crippen LogP contribution in [0.4, 0.5) is 0 Å². The van der Waals surface area contributed by atoms with Crippen molar-refractivity contribution in [1.82, 2.24) is 4.72 Å². The molecule has 0 aromatic heterocycles.